The smallest absolute Gasteiger partial charge is 0.168 e. The molecule has 272 valence electrons. The number of benzene rings is 8. The summed E-state index contributed by atoms with van der Waals surface area (Å²) in [6.07, 6.45) is 2.18. The maximum atomic E-state index is 4.74. The number of para-hydroxylation sites is 3. The van der Waals surface area contributed by atoms with Gasteiger partial charge in [0.15, 0.2) is 11.6 Å². The van der Waals surface area contributed by atoms with E-state index in [4.69, 9.17) is 10.2 Å². The van der Waals surface area contributed by atoms with Crippen molar-refractivity contribution in [2.45, 2.75) is 0 Å². The highest BCUT2D eigenvalue weighted by Crippen LogP contribution is 2.43. The van der Waals surface area contributed by atoms with Gasteiger partial charge in [0, 0.05) is 67.0 Å². The summed E-state index contributed by atoms with van der Waals surface area (Å²) in [6.45, 7) is 0. The molecule has 8 aromatic carbocycles. The zero-order chi connectivity index (χ0) is 38.2. The van der Waals surface area contributed by atoms with Crippen LogP contribution in [0.5, 0.6) is 0 Å². The summed E-state index contributed by atoms with van der Waals surface area (Å²) in [4.78, 5) is 0. The summed E-state index contributed by atoms with van der Waals surface area (Å²) >= 11 is 0. The van der Waals surface area contributed by atoms with Gasteiger partial charge in [0.1, 0.15) is 0 Å². The second-order valence-electron chi connectivity index (χ2n) is 14.8. The molecule has 0 radical (unpaired) electrons. The first-order valence-electron chi connectivity index (χ1n) is 19.6. The molecule has 0 saturated carbocycles. The zero-order valence-electron chi connectivity index (χ0n) is 31.3. The molecule has 6 nitrogen and oxygen atoms in total. The van der Waals surface area contributed by atoms with Crippen molar-refractivity contribution >= 4 is 54.5 Å². The lowest BCUT2D eigenvalue weighted by Crippen LogP contribution is -2.01. The van der Waals surface area contributed by atoms with Gasteiger partial charge < -0.3 is 13.7 Å². The average molecular weight is 743 g/mol. The Morgan fingerprint density at radius 2 is 0.879 bits per heavy atom. The van der Waals surface area contributed by atoms with Crippen LogP contribution >= 0.6 is 0 Å². The Hall–Kier alpha value is -7.96. The van der Waals surface area contributed by atoms with Crippen LogP contribution in [-0.2, 0) is 0 Å². The van der Waals surface area contributed by atoms with Crippen LogP contribution in [0.1, 0.15) is 0 Å². The van der Waals surface area contributed by atoms with Crippen LogP contribution in [0.3, 0.4) is 0 Å². The first-order valence-corrected chi connectivity index (χ1v) is 19.6. The lowest BCUT2D eigenvalue weighted by atomic mass is 10.1. The van der Waals surface area contributed by atoms with Gasteiger partial charge in [0.05, 0.1) is 27.6 Å². The van der Waals surface area contributed by atoms with E-state index in [-0.39, 0.29) is 0 Å². The Kier molecular flexibility index (Phi) is 7.13. The van der Waals surface area contributed by atoms with Crippen molar-refractivity contribution in [2.24, 2.45) is 0 Å². The highest BCUT2D eigenvalue weighted by atomic mass is 15.3. The number of hydrogen-bond donors (Lipinski definition) is 0. The third-order valence-electron chi connectivity index (χ3n) is 11.5. The van der Waals surface area contributed by atoms with Crippen molar-refractivity contribution in [3.8, 4) is 45.5 Å². The van der Waals surface area contributed by atoms with Gasteiger partial charge in [-0.3, -0.25) is 4.57 Å². The predicted octanol–water partition coefficient (Wildman–Crippen LogP) is 12.7. The fraction of sp³-hybridized carbons (Fsp3) is 0. The van der Waals surface area contributed by atoms with Gasteiger partial charge in [-0.25, -0.2) is 0 Å². The van der Waals surface area contributed by atoms with E-state index >= 15 is 0 Å². The largest absolute Gasteiger partial charge is 0.317 e. The molecule has 58 heavy (non-hydrogen) atoms. The second-order valence-corrected chi connectivity index (χ2v) is 14.8. The van der Waals surface area contributed by atoms with E-state index in [1.54, 1.807) is 0 Å². The van der Waals surface area contributed by atoms with Crippen molar-refractivity contribution in [2.75, 3.05) is 0 Å². The molecule has 0 fully saturated rings. The van der Waals surface area contributed by atoms with Crippen LogP contribution in [-0.4, -0.2) is 28.5 Å². The van der Waals surface area contributed by atoms with Gasteiger partial charge in [0.25, 0.3) is 0 Å². The van der Waals surface area contributed by atoms with E-state index in [1.807, 2.05) is 36.4 Å². The van der Waals surface area contributed by atoms with E-state index in [1.165, 1.54) is 49.0 Å². The number of hydrogen-bond acceptors (Lipinski definition) is 2. The van der Waals surface area contributed by atoms with E-state index in [0.717, 1.165) is 51.0 Å². The van der Waals surface area contributed by atoms with E-state index < -0.39 is 0 Å². The monoisotopic (exact) mass is 742 g/mol. The first kappa shape index (κ1) is 32.3. The zero-order valence-corrected chi connectivity index (χ0v) is 31.3. The SMILES string of the molecule is c1ccc(-c2nnc(-c3ccccc3)n2-c2ccc(-n3c4cc5ccn(-c6ccccc6)c5cc4c4ccc5c(c6ccccc6n5-c5ccccc5)c43)cc2)cc1. The van der Waals surface area contributed by atoms with Crippen LogP contribution in [0.4, 0.5) is 0 Å². The van der Waals surface area contributed by atoms with Gasteiger partial charge >= 0.3 is 0 Å². The van der Waals surface area contributed by atoms with E-state index in [0.29, 0.717) is 0 Å². The van der Waals surface area contributed by atoms with Gasteiger partial charge in [-0.05, 0) is 78.9 Å². The molecular formula is C52H34N6. The first-order chi connectivity index (χ1) is 28.8. The van der Waals surface area contributed by atoms with E-state index in [2.05, 4.69) is 188 Å². The van der Waals surface area contributed by atoms with Crippen molar-refractivity contribution in [3.63, 3.8) is 0 Å². The Morgan fingerprint density at radius 3 is 1.53 bits per heavy atom. The van der Waals surface area contributed by atoms with Crippen molar-refractivity contribution in [1.29, 1.82) is 0 Å². The standard InChI is InChI=1S/C52H34N6/c1-5-15-35(16-6-1)51-53-54-52(36-17-7-2-8-18-36)58(51)41-27-25-40(26-28-41)57-48-33-37-31-32-55(38-19-9-3-10-20-38)47(37)34-44(48)42-29-30-46-49(50(42)57)43-23-13-14-24-45(43)56(46)39-21-11-4-12-22-39/h1-34H. The third-order valence-corrected chi connectivity index (χ3v) is 11.5. The average Bonchev–Trinajstić information content (AvgIpc) is 4.08. The fourth-order valence-electron chi connectivity index (χ4n) is 8.95. The van der Waals surface area contributed by atoms with Gasteiger partial charge in [-0.1, -0.05) is 121 Å². The van der Waals surface area contributed by atoms with Gasteiger partial charge in [-0.15, -0.1) is 10.2 Å². The molecular weight excluding hydrogens is 709 g/mol. The summed E-state index contributed by atoms with van der Waals surface area (Å²) in [5, 5.41) is 15.5. The lowest BCUT2D eigenvalue weighted by Gasteiger charge is -2.14. The normalized spacial score (nSPS) is 11.8. The Morgan fingerprint density at radius 1 is 0.328 bits per heavy atom. The molecule has 12 aromatic rings. The quantitative estimate of drug-likeness (QED) is 0.170. The summed E-state index contributed by atoms with van der Waals surface area (Å²) in [5.74, 6) is 1.59. The molecule has 0 spiro atoms. The summed E-state index contributed by atoms with van der Waals surface area (Å²) in [5.41, 5.74) is 12.2. The van der Waals surface area contributed by atoms with Gasteiger partial charge in [0.2, 0.25) is 0 Å². The molecule has 0 aliphatic carbocycles. The fourth-order valence-corrected chi connectivity index (χ4v) is 8.95. The maximum absolute atomic E-state index is 4.74. The van der Waals surface area contributed by atoms with E-state index in [9.17, 15) is 0 Å². The van der Waals surface area contributed by atoms with Crippen molar-refractivity contribution in [1.82, 2.24) is 28.5 Å². The highest BCUT2D eigenvalue weighted by molar-refractivity contribution is 6.27. The number of fused-ring (bicyclic) bond motifs is 8. The maximum Gasteiger partial charge on any atom is 0.168 e. The molecule has 12 rings (SSSR count). The van der Waals surface area contributed by atoms with Crippen LogP contribution in [0.25, 0.3) is 100 Å². The van der Waals surface area contributed by atoms with Crippen LogP contribution in [0.2, 0.25) is 0 Å². The summed E-state index contributed by atoms with van der Waals surface area (Å²) < 4.78 is 9.33. The van der Waals surface area contributed by atoms with Crippen molar-refractivity contribution < 1.29 is 0 Å². The minimum atomic E-state index is 0.796. The molecule has 0 unspecified atom stereocenters. The molecule has 4 heterocycles. The minimum absolute atomic E-state index is 0.796. The van der Waals surface area contributed by atoms with Crippen LogP contribution in [0.15, 0.2) is 206 Å². The van der Waals surface area contributed by atoms with Crippen molar-refractivity contribution in [3.05, 3.63) is 206 Å². The topological polar surface area (TPSA) is 45.5 Å². The number of aromatic nitrogens is 6. The molecule has 4 aromatic heterocycles. The minimum Gasteiger partial charge on any atom is -0.317 e. The highest BCUT2D eigenvalue weighted by Gasteiger charge is 2.23. The molecule has 0 aliphatic rings. The molecule has 0 bridgehead atoms. The Labute approximate surface area is 333 Å². The second kappa shape index (κ2) is 12.8. The molecule has 0 amide bonds. The molecule has 0 N–H and O–H groups in total. The Balaban J connectivity index is 1.15. The molecule has 0 saturated heterocycles. The molecule has 6 heteroatoms. The number of nitrogens with zero attached hydrogens (tertiary/aromatic N) is 6. The molecule has 0 aliphatic heterocycles. The molecule has 0 atom stereocenters. The summed E-state index contributed by atoms with van der Waals surface area (Å²) in [6, 6.07) is 71.1. The van der Waals surface area contributed by atoms with Gasteiger partial charge in [-0.2, -0.15) is 0 Å². The third kappa shape index (κ3) is 4.85. The lowest BCUT2D eigenvalue weighted by molar-refractivity contribution is 1.07. The predicted molar refractivity (Wildman–Crippen MR) is 238 cm³/mol. The van der Waals surface area contributed by atoms with Crippen LogP contribution in [0, 0.1) is 0 Å². The number of rotatable bonds is 6. The van der Waals surface area contributed by atoms with Crippen LogP contribution < -0.4 is 0 Å². The summed E-state index contributed by atoms with van der Waals surface area (Å²) in [7, 11) is 0. The Bertz CT molecular complexity index is 3410.